The molecule has 0 saturated carbocycles. The van der Waals surface area contributed by atoms with Crippen molar-refractivity contribution in [3.63, 3.8) is 0 Å². The lowest BCUT2D eigenvalue weighted by Gasteiger charge is -2.38. The second-order valence-electron chi connectivity index (χ2n) is 8.97. The molecule has 0 radical (unpaired) electrons. The standard InChI is InChI=1S/C26H39N5O4/c1-5-12-27-25(33)30-14-9-13-29(15-16-30)18-21-22(24(32)35-7-3)23(28-26(34)31(21)6-2)20-11-8-10-19(4)17-20/h8,10-11,17,23H,5-7,9,12-16,18H2,1-4H3,(H,27,33)(H,28,34). The van der Waals surface area contributed by atoms with Crippen molar-refractivity contribution in [1.82, 2.24) is 25.3 Å². The summed E-state index contributed by atoms with van der Waals surface area (Å²) in [4.78, 5) is 44.5. The van der Waals surface area contributed by atoms with Crippen molar-refractivity contribution in [2.24, 2.45) is 0 Å². The molecule has 4 amide bonds. The third-order valence-corrected chi connectivity index (χ3v) is 6.40. The van der Waals surface area contributed by atoms with Gasteiger partial charge in [0.1, 0.15) is 0 Å². The second kappa shape index (κ2) is 12.6. The summed E-state index contributed by atoms with van der Waals surface area (Å²) < 4.78 is 5.47. The Morgan fingerprint density at radius 3 is 2.63 bits per heavy atom. The number of esters is 1. The molecule has 2 N–H and O–H groups in total. The molecule has 1 fully saturated rings. The summed E-state index contributed by atoms with van der Waals surface area (Å²) in [6.07, 6.45) is 1.72. The highest BCUT2D eigenvalue weighted by atomic mass is 16.5. The molecule has 0 aliphatic carbocycles. The number of hydrogen-bond acceptors (Lipinski definition) is 5. The zero-order valence-corrected chi connectivity index (χ0v) is 21.4. The predicted molar refractivity (Wildman–Crippen MR) is 135 cm³/mol. The van der Waals surface area contributed by atoms with E-state index in [1.54, 1.807) is 11.8 Å². The summed E-state index contributed by atoms with van der Waals surface area (Å²) >= 11 is 0. The van der Waals surface area contributed by atoms with E-state index in [9.17, 15) is 14.4 Å². The van der Waals surface area contributed by atoms with Gasteiger partial charge in [0.15, 0.2) is 0 Å². The van der Waals surface area contributed by atoms with Crippen molar-refractivity contribution >= 4 is 18.0 Å². The summed E-state index contributed by atoms with van der Waals surface area (Å²) in [6.45, 7) is 12.2. The van der Waals surface area contributed by atoms with Gasteiger partial charge in [0, 0.05) is 51.5 Å². The first-order valence-corrected chi connectivity index (χ1v) is 12.7. The molecule has 0 spiro atoms. The Morgan fingerprint density at radius 2 is 1.94 bits per heavy atom. The van der Waals surface area contributed by atoms with Crippen LogP contribution < -0.4 is 10.6 Å². The van der Waals surface area contributed by atoms with Gasteiger partial charge in [-0.1, -0.05) is 36.8 Å². The van der Waals surface area contributed by atoms with Crippen molar-refractivity contribution in [1.29, 1.82) is 0 Å². The second-order valence-corrected chi connectivity index (χ2v) is 8.97. The average molecular weight is 486 g/mol. The zero-order valence-electron chi connectivity index (χ0n) is 21.4. The van der Waals surface area contributed by atoms with Crippen molar-refractivity contribution in [3.05, 3.63) is 46.7 Å². The van der Waals surface area contributed by atoms with Gasteiger partial charge in [-0.05, 0) is 39.2 Å². The number of urea groups is 2. The van der Waals surface area contributed by atoms with Gasteiger partial charge in [-0.25, -0.2) is 14.4 Å². The van der Waals surface area contributed by atoms with Crippen molar-refractivity contribution in [3.8, 4) is 0 Å². The molecule has 35 heavy (non-hydrogen) atoms. The Balaban J connectivity index is 1.92. The minimum atomic E-state index is -0.581. The van der Waals surface area contributed by atoms with Gasteiger partial charge in [-0.3, -0.25) is 9.80 Å². The minimum absolute atomic E-state index is 0.0353. The number of aryl methyl sites for hydroxylation is 1. The quantitative estimate of drug-likeness (QED) is 0.552. The normalized spacial score (nSPS) is 19.3. The first kappa shape index (κ1) is 26.5. The Hall–Kier alpha value is -3.07. The highest BCUT2D eigenvalue weighted by molar-refractivity contribution is 5.95. The monoisotopic (exact) mass is 485 g/mol. The molecule has 9 nitrogen and oxygen atoms in total. The zero-order chi connectivity index (χ0) is 25.4. The molecule has 192 valence electrons. The lowest BCUT2D eigenvalue weighted by atomic mass is 9.93. The Morgan fingerprint density at radius 1 is 1.14 bits per heavy atom. The fraction of sp³-hybridized carbons (Fsp3) is 0.577. The fourth-order valence-corrected chi connectivity index (χ4v) is 4.64. The van der Waals surface area contributed by atoms with E-state index in [0.29, 0.717) is 50.5 Å². The van der Waals surface area contributed by atoms with E-state index in [2.05, 4.69) is 15.5 Å². The largest absolute Gasteiger partial charge is 0.463 e. The Labute approximate surface area is 208 Å². The molecule has 1 aromatic carbocycles. The minimum Gasteiger partial charge on any atom is -0.463 e. The van der Waals surface area contributed by atoms with Crippen LogP contribution in [-0.2, 0) is 9.53 Å². The van der Waals surface area contributed by atoms with Crippen molar-refractivity contribution in [2.45, 2.75) is 46.6 Å². The number of carbonyl (C=O) groups excluding carboxylic acids is 3. The van der Waals surface area contributed by atoms with Crippen LogP contribution in [0.3, 0.4) is 0 Å². The highest BCUT2D eigenvalue weighted by Gasteiger charge is 2.38. The molecule has 1 aromatic rings. The van der Waals surface area contributed by atoms with E-state index in [4.69, 9.17) is 4.74 Å². The summed E-state index contributed by atoms with van der Waals surface area (Å²) in [6, 6.07) is 6.99. The van der Waals surface area contributed by atoms with Gasteiger partial charge < -0.3 is 20.3 Å². The molecule has 1 saturated heterocycles. The first-order valence-electron chi connectivity index (χ1n) is 12.7. The lowest BCUT2D eigenvalue weighted by molar-refractivity contribution is -0.139. The lowest BCUT2D eigenvalue weighted by Crippen LogP contribution is -2.51. The number of likely N-dealkylation sites (N-methyl/N-ethyl adjacent to an activating group) is 1. The van der Waals surface area contributed by atoms with Crippen LogP contribution in [0.1, 0.15) is 50.8 Å². The number of amides is 4. The molecule has 2 aliphatic rings. The van der Waals surface area contributed by atoms with E-state index in [1.165, 1.54) is 0 Å². The van der Waals surface area contributed by atoms with Gasteiger partial charge in [0.2, 0.25) is 0 Å². The summed E-state index contributed by atoms with van der Waals surface area (Å²) in [7, 11) is 0. The Kier molecular flexibility index (Phi) is 9.54. The maximum atomic E-state index is 13.3. The van der Waals surface area contributed by atoms with Gasteiger partial charge in [0.05, 0.1) is 18.2 Å². The summed E-state index contributed by atoms with van der Waals surface area (Å²) in [5, 5.41) is 5.97. The summed E-state index contributed by atoms with van der Waals surface area (Å²) in [5.74, 6) is -0.414. The van der Waals surface area contributed by atoms with E-state index >= 15 is 0 Å². The first-order chi connectivity index (χ1) is 16.9. The molecule has 2 aliphatic heterocycles. The van der Waals surface area contributed by atoms with Crippen molar-refractivity contribution in [2.75, 3.05) is 52.4 Å². The maximum Gasteiger partial charge on any atom is 0.338 e. The topological polar surface area (TPSA) is 94.2 Å². The number of nitrogens with one attached hydrogen (secondary N) is 2. The van der Waals surface area contributed by atoms with Gasteiger partial charge in [0.25, 0.3) is 0 Å². The Bertz CT molecular complexity index is 947. The van der Waals surface area contributed by atoms with Crippen LogP contribution in [0.15, 0.2) is 35.5 Å². The van der Waals surface area contributed by atoms with E-state index in [-0.39, 0.29) is 18.7 Å². The van der Waals surface area contributed by atoms with Crippen LogP contribution in [0.25, 0.3) is 0 Å². The van der Waals surface area contributed by atoms with Crippen LogP contribution in [-0.4, -0.2) is 85.2 Å². The SMILES string of the molecule is CCCNC(=O)N1CCCN(CC2=C(C(=O)OCC)C(c3cccc(C)c3)NC(=O)N2CC)CC1. The highest BCUT2D eigenvalue weighted by Crippen LogP contribution is 2.32. The molecule has 0 bridgehead atoms. The fourth-order valence-electron chi connectivity index (χ4n) is 4.64. The maximum absolute atomic E-state index is 13.3. The smallest absolute Gasteiger partial charge is 0.338 e. The number of benzene rings is 1. The number of nitrogens with zero attached hydrogens (tertiary/aromatic N) is 3. The van der Waals surface area contributed by atoms with Gasteiger partial charge in [-0.2, -0.15) is 0 Å². The molecular formula is C26H39N5O4. The third kappa shape index (κ3) is 6.54. The molecule has 0 aromatic heterocycles. The molecular weight excluding hydrogens is 446 g/mol. The molecule has 3 rings (SSSR count). The van der Waals surface area contributed by atoms with Gasteiger partial charge in [-0.15, -0.1) is 0 Å². The number of rotatable bonds is 8. The van der Waals surface area contributed by atoms with E-state index in [1.807, 2.05) is 49.9 Å². The van der Waals surface area contributed by atoms with E-state index in [0.717, 1.165) is 30.5 Å². The summed E-state index contributed by atoms with van der Waals surface area (Å²) in [5.41, 5.74) is 3.04. The molecule has 1 unspecified atom stereocenters. The van der Waals surface area contributed by atoms with Crippen LogP contribution in [0.4, 0.5) is 9.59 Å². The van der Waals surface area contributed by atoms with Gasteiger partial charge >= 0.3 is 18.0 Å². The molecule has 9 heteroatoms. The predicted octanol–water partition coefficient (Wildman–Crippen LogP) is 3.03. The number of ether oxygens (including phenoxy) is 1. The van der Waals surface area contributed by atoms with Crippen LogP contribution in [0.2, 0.25) is 0 Å². The van der Waals surface area contributed by atoms with Crippen LogP contribution in [0.5, 0.6) is 0 Å². The van der Waals surface area contributed by atoms with Crippen LogP contribution in [0, 0.1) is 6.92 Å². The molecule has 2 heterocycles. The van der Waals surface area contributed by atoms with E-state index < -0.39 is 12.0 Å². The number of hydrogen-bond donors (Lipinski definition) is 2. The average Bonchev–Trinajstić information content (AvgIpc) is 3.08. The molecule has 1 atom stereocenters. The van der Waals surface area contributed by atoms with Crippen LogP contribution >= 0.6 is 0 Å². The third-order valence-electron chi connectivity index (χ3n) is 6.40. The van der Waals surface area contributed by atoms with Crippen molar-refractivity contribution < 1.29 is 19.1 Å². The number of carbonyl (C=O) groups is 3.